The van der Waals surface area contributed by atoms with Crippen LogP contribution in [-0.4, -0.2) is 31.7 Å². The SMILES string of the molecule is C=CCC(CCCCCCCCCCCC)[N+](C)(C)C. The highest BCUT2D eigenvalue weighted by Gasteiger charge is 2.21. The van der Waals surface area contributed by atoms with Gasteiger partial charge in [0.15, 0.2) is 0 Å². The summed E-state index contributed by atoms with van der Waals surface area (Å²) in [7, 11) is 6.93. The molecule has 0 radical (unpaired) electrons. The fraction of sp³-hybridized carbons (Fsp3) is 0.895. The molecule has 0 aromatic carbocycles. The van der Waals surface area contributed by atoms with E-state index in [1.165, 1.54) is 70.6 Å². The Labute approximate surface area is 129 Å². The topological polar surface area (TPSA) is 0 Å². The molecule has 0 fully saturated rings. The van der Waals surface area contributed by atoms with Gasteiger partial charge in [-0.2, -0.15) is 0 Å². The van der Waals surface area contributed by atoms with E-state index in [0.717, 1.165) is 16.9 Å². The molecule has 0 aliphatic rings. The Hall–Kier alpha value is -0.300. The second-order valence-corrected chi connectivity index (χ2v) is 7.27. The lowest BCUT2D eigenvalue weighted by Gasteiger charge is -2.33. The van der Waals surface area contributed by atoms with Gasteiger partial charge >= 0.3 is 0 Å². The van der Waals surface area contributed by atoms with E-state index in [-0.39, 0.29) is 0 Å². The van der Waals surface area contributed by atoms with Crippen LogP contribution in [0.5, 0.6) is 0 Å². The van der Waals surface area contributed by atoms with E-state index in [4.69, 9.17) is 0 Å². The van der Waals surface area contributed by atoms with Gasteiger partial charge in [-0.05, 0) is 12.8 Å². The van der Waals surface area contributed by atoms with E-state index >= 15 is 0 Å². The van der Waals surface area contributed by atoms with Crippen LogP contribution in [0.1, 0.15) is 84.0 Å². The van der Waals surface area contributed by atoms with Crippen molar-refractivity contribution in [2.24, 2.45) is 0 Å². The summed E-state index contributed by atoms with van der Waals surface area (Å²) in [5.41, 5.74) is 0. The first kappa shape index (κ1) is 19.7. The first-order valence-electron chi connectivity index (χ1n) is 8.94. The summed E-state index contributed by atoms with van der Waals surface area (Å²) in [4.78, 5) is 0. The van der Waals surface area contributed by atoms with Crippen LogP contribution in [0.2, 0.25) is 0 Å². The molecule has 0 aliphatic heterocycles. The number of unbranched alkanes of at least 4 members (excludes halogenated alkanes) is 9. The van der Waals surface area contributed by atoms with Crippen LogP contribution in [0.25, 0.3) is 0 Å². The minimum Gasteiger partial charge on any atom is -0.328 e. The molecule has 1 unspecified atom stereocenters. The minimum absolute atomic E-state index is 0.751. The van der Waals surface area contributed by atoms with Crippen molar-refractivity contribution in [1.29, 1.82) is 0 Å². The van der Waals surface area contributed by atoms with Gasteiger partial charge in [0.25, 0.3) is 0 Å². The van der Waals surface area contributed by atoms with Gasteiger partial charge in [0.2, 0.25) is 0 Å². The highest BCUT2D eigenvalue weighted by atomic mass is 15.3. The summed E-state index contributed by atoms with van der Waals surface area (Å²) in [5, 5.41) is 0. The van der Waals surface area contributed by atoms with E-state index in [1.54, 1.807) is 0 Å². The van der Waals surface area contributed by atoms with Crippen LogP contribution in [0.3, 0.4) is 0 Å². The molecule has 0 saturated carbocycles. The first-order valence-corrected chi connectivity index (χ1v) is 8.94. The summed E-state index contributed by atoms with van der Waals surface area (Å²) < 4.78 is 1.07. The van der Waals surface area contributed by atoms with Gasteiger partial charge in [0, 0.05) is 6.42 Å². The molecular weight excluding hydrogens is 242 g/mol. The maximum absolute atomic E-state index is 3.90. The number of hydrogen-bond acceptors (Lipinski definition) is 0. The van der Waals surface area contributed by atoms with E-state index in [2.05, 4.69) is 40.7 Å². The summed E-state index contributed by atoms with van der Waals surface area (Å²) in [5.74, 6) is 0. The molecule has 0 N–H and O–H groups in total. The highest BCUT2D eigenvalue weighted by Crippen LogP contribution is 2.17. The maximum Gasteiger partial charge on any atom is 0.0918 e. The molecule has 0 bridgehead atoms. The summed E-state index contributed by atoms with van der Waals surface area (Å²) >= 11 is 0. The largest absolute Gasteiger partial charge is 0.328 e. The molecule has 0 aliphatic carbocycles. The fourth-order valence-electron chi connectivity index (χ4n) is 2.88. The predicted octanol–water partition coefficient (Wildman–Crippen LogP) is 5.95. The lowest BCUT2D eigenvalue weighted by Crippen LogP contribution is -2.44. The van der Waals surface area contributed by atoms with Gasteiger partial charge in [-0.15, -0.1) is 6.58 Å². The number of nitrogens with zero attached hydrogens (tertiary/aromatic N) is 1. The molecule has 0 aromatic heterocycles. The monoisotopic (exact) mass is 282 g/mol. The van der Waals surface area contributed by atoms with Gasteiger partial charge < -0.3 is 4.48 Å². The quantitative estimate of drug-likeness (QED) is 0.210. The third-order valence-electron chi connectivity index (χ3n) is 4.43. The fourth-order valence-corrected chi connectivity index (χ4v) is 2.88. The molecule has 120 valence electrons. The molecule has 20 heavy (non-hydrogen) atoms. The third kappa shape index (κ3) is 11.5. The van der Waals surface area contributed by atoms with Crippen molar-refractivity contribution in [1.82, 2.24) is 0 Å². The van der Waals surface area contributed by atoms with E-state index < -0.39 is 0 Å². The standard InChI is InChI=1S/C19H40N/c1-6-8-9-10-11-12-13-14-15-16-18-19(17-7-2)20(3,4)5/h7,19H,2,6,8-18H2,1,3-5H3/q+1. The zero-order chi connectivity index (χ0) is 15.3. The van der Waals surface area contributed by atoms with Crippen LogP contribution in [0.15, 0.2) is 12.7 Å². The second-order valence-electron chi connectivity index (χ2n) is 7.27. The van der Waals surface area contributed by atoms with Gasteiger partial charge in [0.1, 0.15) is 0 Å². The van der Waals surface area contributed by atoms with Crippen LogP contribution in [0.4, 0.5) is 0 Å². The van der Waals surface area contributed by atoms with Crippen molar-refractivity contribution >= 4 is 0 Å². The second kappa shape index (κ2) is 12.4. The molecular formula is C19H40N+. The Balaban J connectivity index is 3.44. The smallest absolute Gasteiger partial charge is 0.0918 e. The van der Waals surface area contributed by atoms with Crippen LogP contribution < -0.4 is 0 Å². The number of quaternary nitrogens is 1. The molecule has 0 rings (SSSR count). The van der Waals surface area contributed by atoms with Crippen molar-refractivity contribution in [2.75, 3.05) is 21.1 Å². The van der Waals surface area contributed by atoms with Gasteiger partial charge in [-0.3, -0.25) is 0 Å². The van der Waals surface area contributed by atoms with Crippen molar-refractivity contribution < 1.29 is 4.48 Å². The molecule has 1 heteroatoms. The molecule has 1 nitrogen and oxygen atoms in total. The van der Waals surface area contributed by atoms with Gasteiger partial charge in [0.05, 0.1) is 27.2 Å². The van der Waals surface area contributed by atoms with Crippen molar-refractivity contribution in [2.45, 2.75) is 90.0 Å². The van der Waals surface area contributed by atoms with E-state index in [9.17, 15) is 0 Å². The highest BCUT2D eigenvalue weighted by molar-refractivity contribution is 4.73. The maximum atomic E-state index is 3.90. The van der Waals surface area contributed by atoms with Crippen LogP contribution in [-0.2, 0) is 0 Å². The third-order valence-corrected chi connectivity index (χ3v) is 4.43. The molecule has 0 amide bonds. The molecule has 1 atom stereocenters. The molecule has 0 saturated heterocycles. The normalized spacial score (nSPS) is 13.4. The molecule has 0 spiro atoms. The zero-order valence-electron chi connectivity index (χ0n) is 14.8. The summed E-state index contributed by atoms with van der Waals surface area (Å²) in [6.45, 7) is 6.19. The average molecular weight is 283 g/mol. The minimum atomic E-state index is 0.751. The Bertz CT molecular complexity index is 214. The first-order chi connectivity index (χ1) is 9.52. The molecule has 0 heterocycles. The predicted molar refractivity (Wildman–Crippen MR) is 93.1 cm³/mol. The van der Waals surface area contributed by atoms with Gasteiger partial charge in [-0.25, -0.2) is 0 Å². The summed E-state index contributed by atoms with van der Waals surface area (Å²) in [6.07, 6.45) is 18.9. The number of rotatable bonds is 14. The lowest BCUT2D eigenvalue weighted by molar-refractivity contribution is -0.896. The van der Waals surface area contributed by atoms with E-state index in [0.29, 0.717) is 0 Å². The van der Waals surface area contributed by atoms with Gasteiger partial charge in [-0.1, -0.05) is 70.8 Å². The Morgan fingerprint density at radius 2 is 1.25 bits per heavy atom. The van der Waals surface area contributed by atoms with E-state index in [1.807, 2.05) is 0 Å². The Morgan fingerprint density at radius 3 is 1.65 bits per heavy atom. The van der Waals surface area contributed by atoms with Crippen molar-refractivity contribution in [3.8, 4) is 0 Å². The number of hydrogen-bond donors (Lipinski definition) is 0. The molecule has 0 aromatic rings. The Kier molecular flexibility index (Phi) is 12.3. The van der Waals surface area contributed by atoms with Crippen LogP contribution in [0, 0.1) is 0 Å². The van der Waals surface area contributed by atoms with Crippen LogP contribution >= 0.6 is 0 Å². The lowest BCUT2D eigenvalue weighted by atomic mass is 10.0. The van der Waals surface area contributed by atoms with Crippen molar-refractivity contribution in [3.63, 3.8) is 0 Å². The van der Waals surface area contributed by atoms with Crippen molar-refractivity contribution in [3.05, 3.63) is 12.7 Å². The Morgan fingerprint density at radius 1 is 0.800 bits per heavy atom. The average Bonchev–Trinajstić information content (AvgIpc) is 2.38. The zero-order valence-corrected chi connectivity index (χ0v) is 14.8. The summed E-state index contributed by atoms with van der Waals surface area (Å²) in [6, 6.07) is 0.751.